The molecule has 0 radical (unpaired) electrons. The number of carboxylic acids is 3. The van der Waals surface area contributed by atoms with E-state index in [9.17, 15) is 47.1 Å². The van der Waals surface area contributed by atoms with Crippen molar-refractivity contribution < 1.29 is 71.3 Å². The van der Waals surface area contributed by atoms with Crippen molar-refractivity contribution >= 4 is 51.7 Å². The highest BCUT2D eigenvalue weighted by Crippen LogP contribution is 2.03. The lowest BCUT2D eigenvalue weighted by Crippen LogP contribution is -2.54. The lowest BCUT2D eigenvalue weighted by molar-refractivity contribution is -0.143. The van der Waals surface area contributed by atoms with Crippen molar-refractivity contribution in [1.29, 1.82) is 0 Å². The van der Waals surface area contributed by atoms with Gasteiger partial charge in [0.25, 0.3) is 10.1 Å². The maximum absolute atomic E-state index is 12.5. The summed E-state index contributed by atoms with van der Waals surface area (Å²) in [6, 6.07) is -4.56. The Labute approximate surface area is 259 Å². The highest BCUT2D eigenvalue weighted by molar-refractivity contribution is 7.85. The fraction of sp³-hybridized carbons (Fsp3) is 0.720. The van der Waals surface area contributed by atoms with Gasteiger partial charge in [-0.25, -0.2) is 9.59 Å². The van der Waals surface area contributed by atoms with E-state index >= 15 is 0 Å². The number of amides is 4. The van der Waals surface area contributed by atoms with Crippen LogP contribution in [0.1, 0.15) is 58.3 Å². The van der Waals surface area contributed by atoms with E-state index in [1.165, 1.54) is 0 Å². The van der Waals surface area contributed by atoms with Gasteiger partial charge >= 0.3 is 17.9 Å². The van der Waals surface area contributed by atoms with Crippen LogP contribution in [0.15, 0.2) is 0 Å². The maximum atomic E-state index is 12.5. The van der Waals surface area contributed by atoms with E-state index in [0.29, 0.717) is 12.8 Å². The van der Waals surface area contributed by atoms with E-state index in [0.717, 1.165) is 6.42 Å². The molecule has 4 amide bonds. The first-order valence-corrected chi connectivity index (χ1v) is 15.6. The van der Waals surface area contributed by atoms with Crippen molar-refractivity contribution in [1.82, 2.24) is 21.3 Å². The summed E-state index contributed by atoms with van der Waals surface area (Å²) in [4.78, 5) is 81.7. The number of carboxylic acid groups (broad SMARTS) is 3. The molecule has 0 bridgehead atoms. The molecule has 0 aromatic heterocycles. The molecule has 0 heterocycles. The minimum atomic E-state index is -4.80. The Balaban J connectivity index is 4.50. The molecule has 0 rings (SSSR count). The van der Waals surface area contributed by atoms with Crippen LogP contribution in [0.25, 0.3) is 0 Å². The first-order valence-electron chi connectivity index (χ1n) is 14.0. The van der Waals surface area contributed by atoms with Crippen LogP contribution in [0.3, 0.4) is 0 Å². The predicted octanol–water partition coefficient (Wildman–Crippen LogP) is -2.13. The van der Waals surface area contributed by atoms with Crippen LogP contribution in [0.4, 0.5) is 0 Å². The highest BCUT2D eigenvalue weighted by atomic mass is 32.2. The summed E-state index contributed by atoms with van der Waals surface area (Å²) in [7, 11) is -4.80. The van der Waals surface area contributed by atoms with Gasteiger partial charge < -0.3 is 46.1 Å². The average Bonchev–Trinajstić information content (AvgIpc) is 2.92. The summed E-state index contributed by atoms with van der Waals surface area (Å²) in [6.45, 7) is 1.64. The molecule has 0 aliphatic heterocycles. The summed E-state index contributed by atoms with van der Waals surface area (Å²) in [5, 5.41) is 36.0. The van der Waals surface area contributed by atoms with Crippen molar-refractivity contribution in [2.24, 2.45) is 0 Å². The first kappa shape index (κ1) is 41.1. The number of carbonyl (C=O) groups excluding carboxylic acids is 4. The Morgan fingerprint density at radius 3 is 1.87 bits per heavy atom. The Kier molecular flexibility index (Phi) is 20.7. The summed E-state index contributed by atoms with van der Waals surface area (Å²) in [6.07, 6.45) is 0.0389. The number of ether oxygens (including phenoxy) is 2. The lowest BCUT2D eigenvalue weighted by atomic mass is 10.1. The zero-order valence-electron chi connectivity index (χ0n) is 24.8. The summed E-state index contributed by atoms with van der Waals surface area (Å²) >= 11 is 0. The summed E-state index contributed by atoms with van der Waals surface area (Å²) in [5.41, 5.74) is 0. The zero-order chi connectivity index (χ0) is 34.4. The molecule has 0 aliphatic carbocycles. The Morgan fingerprint density at radius 2 is 1.29 bits per heavy atom. The number of hydrogen-bond donors (Lipinski definition) is 8. The molecular formula is C25H42N4O15S. The van der Waals surface area contributed by atoms with E-state index in [1.807, 2.05) is 17.6 Å². The monoisotopic (exact) mass is 670 g/mol. The molecular weight excluding hydrogens is 628 g/mol. The summed E-state index contributed by atoms with van der Waals surface area (Å²) < 4.78 is 42.1. The molecule has 0 aromatic carbocycles. The van der Waals surface area contributed by atoms with Crippen molar-refractivity contribution in [2.75, 3.05) is 38.7 Å². The largest absolute Gasteiger partial charge is 0.481 e. The van der Waals surface area contributed by atoms with Gasteiger partial charge in [0.15, 0.2) is 0 Å². The number of carbonyl (C=O) groups is 7. The van der Waals surface area contributed by atoms with Crippen LogP contribution >= 0.6 is 0 Å². The molecule has 0 spiro atoms. The van der Waals surface area contributed by atoms with Crippen molar-refractivity contribution in [3.05, 3.63) is 0 Å². The quantitative estimate of drug-likeness (QED) is 0.0360. The number of nitrogens with one attached hydrogen (secondary N) is 4. The SMILES string of the molecule is CCCCC(NC(=O)COCCOCCNC(=O)CCC(NC(=O)C(CS(=O)(=O)O)NC(=O)CCCC(=O)O)C(=O)O)C(=O)O. The van der Waals surface area contributed by atoms with Crippen LogP contribution in [0.2, 0.25) is 0 Å². The Hall–Kier alpha value is -3.88. The molecule has 0 saturated carbocycles. The second kappa shape index (κ2) is 22.6. The molecule has 0 saturated heterocycles. The van der Waals surface area contributed by atoms with Gasteiger partial charge in [0.1, 0.15) is 30.5 Å². The Morgan fingerprint density at radius 1 is 0.689 bits per heavy atom. The highest BCUT2D eigenvalue weighted by Gasteiger charge is 2.30. The average molecular weight is 671 g/mol. The molecule has 0 aliphatic rings. The van der Waals surface area contributed by atoms with Gasteiger partial charge in [0.2, 0.25) is 23.6 Å². The van der Waals surface area contributed by atoms with E-state index in [-0.39, 0.29) is 58.7 Å². The van der Waals surface area contributed by atoms with Gasteiger partial charge in [-0.1, -0.05) is 19.8 Å². The van der Waals surface area contributed by atoms with Gasteiger partial charge in [-0.15, -0.1) is 0 Å². The first-order chi connectivity index (χ1) is 21.0. The van der Waals surface area contributed by atoms with E-state index in [1.54, 1.807) is 0 Å². The Bertz CT molecular complexity index is 1120. The predicted molar refractivity (Wildman–Crippen MR) is 152 cm³/mol. The summed E-state index contributed by atoms with van der Waals surface area (Å²) in [5.74, 6) is -8.53. The lowest BCUT2D eigenvalue weighted by Gasteiger charge is -2.20. The molecule has 45 heavy (non-hydrogen) atoms. The second-order valence-electron chi connectivity index (χ2n) is 9.67. The standard InChI is InChI=1S/C25H42N4O15S/c1-2-3-5-16(24(36)37)27-21(32)14-44-13-12-43-11-10-26-19(30)9-8-17(25(38)39)29-23(35)18(15-45(40,41)42)28-20(31)6-4-7-22(33)34/h16-18H,2-15H2,1H3,(H,26,30)(H,27,32)(H,28,31)(H,29,35)(H,33,34)(H,36,37)(H,38,39)(H,40,41,42). The van der Waals surface area contributed by atoms with Gasteiger partial charge in [-0.2, -0.15) is 8.42 Å². The number of unbranched alkanes of at least 4 members (excludes halogenated alkanes) is 1. The van der Waals surface area contributed by atoms with Gasteiger partial charge in [-0.05, 0) is 19.3 Å². The molecule has 20 heteroatoms. The van der Waals surface area contributed by atoms with Gasteiger partial charge in [-0.3, -0.25) is 28.5 Å². The van der Waals surface area contributed by atoms with E-state index < -0.39 is 82.0 Å². The smallest absolute Gasteiger partial charge is 0.326 e. The number of rotatable bonds is 26. The fourth-order valence-electron chi connectivity index (χ4n) is 3.50. The normalized spacial score (nSPS) is 13.1. The molecule has 3 unspecified atom stereocenters. The minimum absolute atomic E-state index is 0.00934. The molecule has 8 N–H and O–H groups in total. The van der Waals surface area contributed by atoms with Crippen molar-refractivity contribution in [2.45, 2.75) is 76.4 Å². The minimum Gasteiger partial charge on any atom is -0.481 e. The molecule has 19 nitrogen and oxygen atoms in total. The third-order valence-corrected chi connectivity index (χ3v) is 6.51. The second-order valence-corrected chi connectivity index (χ2v) is 11.2. The zero-order valence-corrected chi connectivity index (χ0v) is 25.6. The van der Waals surface area contributed by atoms with Crippen LogP contribution < -0.4 is 21.3 Å². The topological polar surface area (TPSA) is 301 Å². The third kappa shape index (κ3) is 22.3. The van der Waals surface area contributed by atoms with Crippen LogP contribution in [-0.4, -0.2) is 127 Å². The fourth-order valence-corrected chi connectivity index (χ4v) is 4.16. The van der Waals surface area contributed by atoms with Crippen LogP contribution in [0.5, 0.6) is 0 Å². The number of aliphatic carboxylic acids is 3. The molecule has 3 atom stereocenters. The molecule has 258 valence electrons. The van der Waals surface area contributed by atoms with Crippen molar-refractivity contribution in [3.8, 4) is 0 Å². The van der Waals surface area contributed by atoms with Gasteiger partial charge in [0, 0.05) is 25.8 Å². The van der Waals surface area contributed by atoms with E-state index in [2.05, 4.69) is 10.6 Å². The van der Waals surface area contributed by atoms with E-state index in [4.69, 9.17) is 24.2 Å². The molecule has 0 aromatic rings. The third-order valence-electron chi connectivity index (χ3n) is 5.75. The molecule has 0 fully saturated rings. The van der Waals surface area contributed by atoms with Gasteiger partial charge in [0.05, 0.1) is 19.8 Å². The van der Waals surface area contributed by atoms with Crippen molar-refractivity contribution in [3.63, 3.8) is 0 Å². The van der Waals surface area contributed by atoms with Crippen LogP contribution in [0, 0.1) is 0 Å². The maximum Gasteiger partial charge on any atom is 0.326 e. The van der Waals surface area contributed by atoms with Crippen LogP contribution in [-0.2, 0) is 53.2 Å². The number of hydrogen-bond acceptors (Lipinski definition) is 11.